The molecule has 1 atom stereocenters. The van der Waals surface area contributed by atoms with E-state index >= 15 is 0 Å². The van der Waals surface area contributed by atoms with Gasteiger partial charge in [0.2, 0.25) is 0 Å². The van der Waals surface area contributed by atoms with E-state index in [0.29, 0.717) is 12.6 Å². The number of aliphatic imine (C=N–C) groups is 1. The van der Waals surface area contributed by atoms with E-state index in [9.17, 15) is 0 Å². The van der Waals surface area contributed by atoms with E-state index in [2.05, 4.69) is 67.9 Å². The minimum absolute atomic E-state index is 0.391. The van der Waals surface area contributed by atoms with Gasteiger partial charge in [0.15, 0.2) is 5.96 Å². The van der Waals surface area contributed by atoms with Gasteiger partial charge in [-0.1, -0.05) is 18.2 Å². The smallest absolute Gasteiger partial charge is 0.191 e. The molecule has 3 rings (SSSR count). The van der Waals surface area contributed by atoms with Crippen LogP contribution in [-0.2, 0) is 13.6 Å². The SMILES string of the molecule is CCNC(=NCc1ncnn1C)NC1CCN(c2ccccc2)C1. The van der Waals surface area contributed by atoms with Crippen molar-refractivity contribution in [3.63, 3.8) is 0 Å². The lowest BCUT2D eigenvalue weighted by Crippen LogP contribution is -2.44. The van der Waals surface area contributed by atoms with Crippen LogP contribution in [0.1, 0.15) is 19.2 Å². The Morgan fingerprint density at radius 1 is 1.33 bits per heavy atom. The van der Waals surface area contributed by atoms with Crippen molar-refractivity contribution < 1.29 is 0 Å². The first kappa shape index (κ1) is 16.3. The van der Waals surface area contributed by atoms with Crippen molar-refractivity contribution in [1.82, 2.24) is 25.4 Å². The van der Waals surface area contributed by atoms with E-state index in [1.165, 1.54) is 5.69 Å². The van der Waals surface area contributed by atoms with Gasteiger partial charge < -0.3 is 15.5 Å². The second kappa shape index (κ2) is 7.81. The fraction of sp³-hybridized carbons (Fsp3) is 0.471. The Labute approximate surface area is 142 Å². The van der Waals surface area contributed by atoms with Gasteiger partial charge in [-0.2, -0.15) is 5.10 Å². The highest BCUT2D eigenvalue weighted by Crippen LogP contribution is 2.19. The van der Waals surface area contributed by atoms with Crippen molar-refractivity contribution in [1.29, 1.82) is 0 Å². The van der Waals surface area contributed by atoms with Crippen LogP contribution in [0.5, 0.6) is 0 Å². The van der Waals surface area contributed by atoms with Crippen LogP contribution in [0.2, 0.25) is 0 Å². The van der Waals surface area contributed by atoms with Crippen LogP contribution in [0.25, 0.3) is 0 Å². The topological polar surface area (TPSA) is 70.4 Å². The molecule has 1 unspecified atom stereocenters. The highest BCUT2D eigenvalue weighted by atomic mass is 15.3. The number of benzene rings is 1. The number of rotatable bonds is 5. The highest BCUT2D eigenvalue weighted by Gasteiger charge is 2.23. The minimum atomic E-state index is 0.391. The first-order chi connectivity index (χ1) is 11.8. The lowest BCUT2D eigenvalue weighted by Gasteiger charge is -2.20. The molecule has 0 aliphatic carbocycles. The predicted molar refractivity (Wildman–Crippen MR) is 96.0 cm³/mol. The molecule has 0 saturated carbocycles. The molecule has 2 N–H and O–H groups in total. The van der Waals surface area contributed by atoms with Crippen molar-refractivity contribution in [2.75, 3.05) is 24.5 Å². The van der Waals surface area contributed by atoms with E-state index in [-0.39, 0.29) is 0 Å². The summed E-state index contributed by atoms with van der Waals surface area (Å²) in [6.45, 7) is 5.47. The summed E-state index contributed by atoms with van der Waals surface area (Å²) in [6, 6.07) is 10.9. The Hall–Kier alpha value is -2.57. The van der Waals surface area contributed by atoms with Crippen molar-refractivity contribution in [3.05, 3.63) is 42.5 Å². The van der Waals surface area contributed by atoms with Crippen molar-refractivity contribution in [2.45, 2.75) is 25.9 Å². The number of guanidine groups is 1. The second-order valence-electron chi connectivity index (χ2n) is 5.91. The van der Waals surface area contributed by atoms with Crippen LogP contribution in [0.4, 0.5) is 5.69 Å². The molecule has 0 bridgehead atoms. The molecule has 2 aromatic rings. The van der Waals surface area contributed by atoms with Gasteiger partial charge in [-0.05, 0) is 25.5 Å². The Balaban J connectivity index is 1.59. The molecule has 0 amide bonds. The van der Waals surface area contributed by atoms with Crippen molar-refractivity contribution in [2.24, 2.45) is 12.0 Å². The van der Waals surface area contributed by atoms with Crippen molar-refractivity contribution in [3.8, 4) is 0 Å². The first-order valence-corrected chi connectivity index (χ1v) is 8.44. The van der Waals surface area contributed by atoms with E-state index in [1.54, 1.807) is 11.0 Å². The van der Waals surface area contributed by atoms with Gasteiger partial charge >= 0.3 is 0 Å². The zero-order chi connectivity index (χ0) is 16.8. The number of nitrogens with one attached hydrogen (secondary N) is 2. The molecule has 1 saturated heterocycles. The fourth-order valence-corrected chi connectivity index (χ4v) is 2.88. The standard InChI is InChI=1S/C17H25N7/c1-3-18-17(19-11-16-20-13-21-23(16)2)22-14-9-10-24(12-14)15-7-5-4-6-8-15/h4-8,13-14H,3,9-12H2,1-2H3,(H2,18,19,22). The Morgan fingerprint density at radius 2 is 2.17 bits per heavy atom. The van der Waals surface area contributed by atoms with E-state index < -0.39 is 0 Å². The monoisotopic (exact) mass is 327 g/mol. The lowest BCUT2D eigenvalue weighted by molar-refractivity contribution is 0.644. The molecule has 0 radical (unpaired) electrons. The Morgan fingerprint density at radius 3 is 2.88 bits per heavy atom. The number of anilines is 1. The van der Waals surface area contributed by atoms with Gasteiger partial charge in [0, 0.05) is 38.4 Å². The molecule has 1 aromatic heterocycles. The third-order valence-electron chi connectivity index (χ3n) is 4.18. The number of aryl methyl sites for hydroxylation is 1. The molecular formula is C17H25N7. The van der Waals surface area contributed by atoms with E-state index in [4.69, 9.17) is 0 Å². The van der Waals surface area contributed by atoms with Crippen LogP contribution >= 0.6 is 0 Å². The summed E-state index contributed by atoms with van der Waals surface area (Å²) in [5, 5.41) is 10.9. The van der Waals surface area contributed by atoms with Crippen molar-refractivity contribution >= 4 is 11.6 Å². The number of nitrogens with zero attached hydrogens (tertiary/aromatic N) is 5. The Bertz CT molecular complexity index is 665. The summed E-state index contributed by atoms with van der Waals surface area (Å²) in [5.41, 5.74) is 1.28. The molecular weight excluding hydrogens is 302 g/mol. The first-order valence-electron chi connectivity index (χ1n) is 8.44. The van der Waals surface area contributed by atoms with Gasteiger partial charge in [-0.3, -0.25) is 4.68 Å². The minimum Gasteiger partial charge on any atom is -0.369 e. The van der Waals surface area contributed by atoms with Crippen LogP contribution in [0.15, 0.2) is 41.7 Å². The molecule has 1 fully saturated rings. The summed E-state index contributed by atoms with van der Waals surface area (Å²) in [5.74, 6) is 1.69. The Kier molecular flexibility index (Phi) is 5.30. The van der Waals surface area contributed by atoms with Crippen LogP contribution < -0.4 is 15.5 Å². The third-order valence-corrected chi connectivity index (χ3v) is 4.18. The molecule has 1 aliphatic heterocycles. The number of hydrogen-bond donors (Lipinski definition) is 2. The third kappa shape index (κ3) is 4.04. The summed E-state index contributed by atoms with van der Waals surface area (Å²) >= 11 is 0. The average Bonchev–Trinajstić information content (AvgIpc) is 3.23. The van der Waals surface area contributed by atoms with Crippen LogP contribution in [0, 0.1) is 0 Å². The molecule has 7 nitrogen and oxygen atoms in total. The number of aromatic nitrogens is 3. The summed E-state index contributed by atoms with van der Waals surface area (Å²) < 4.78 is 1.75. The summed E-state index contributed by atoms with van der Waals surface area (Å²) in [7, 11) is 1.88. The second-order valence-corrected chi connectivity index (χ2v) is 5.91. The van der Waals surface area contributed by atoms with Gasteiger partial charge in [0.1, 0.15) is 18.7 Å². The molecule has 24 heavy (non-hydrogen) atoms. The maximum Gasteiger partial charge on any atom is 0.191 e. The normalized spacial score (nSPS) is 18.0. The zero-order valence-corrected chi connectivity index (χ0v) is 14.3. The number of para-hydroxylation sites is 1. The quantitative estimate of drug-likeness (QED) is 0.637. The average molecular weight is 327 g/mol. The van der Waals surface area contributed by atoms with Crippen LogP contribution in [0.3, 0.4) is 0 Å². The van der Waals surface area contributed by atoms with Gasteiger partial charge in [-0.25, -0.2) is 9.98 Å². The fourth-order valence-electron chi connectivity index (χ4n) is 2.88. The molecule has 128 valence electrons. The maximum atomic E-state index is 4.63. The molecule has 7 heteroatoms. The lowest BCUT2D eigenvalue weighted by atomic mass is 10.3. The van der Waals surface area contributed by atoms with Gasteiger partial charge in [0.05, 0.1) is 0 Å². The van der Waals surface area contributed by atoms with Crippen LogP contribution in [-0.4, -0.2) is 46.4 Å². The summed E-state index contributed by atoms with van der Waals surface area (Å²) in [4.78, 5) is 11.2. The maximum absolute atomic E-state index is 4.63. The van der Waals surface area contributed by atoms with Gasteiger partial charge in [0.25, 0.3) is 0 Å². The van der Waals surface area contributed by atoms with E-state index in [0.717, 1.165) is 37.8 Å². The van der Waals surface area contributed by atoms with E-state index in [1.807, 2.05) is 7.05 Å². The molecule has 2 heterocycles. The molecule has 1 aromatic carbocycles. The highest BCUT2D eigenvalue weighted by molar-refractivity contribution is 5.80. The molecule has 1 aliphatic rings. The van der Waals surface area contributed by atoms with Gasteiger partial charge in [-0.15, -0.1) is 0 Å². The largest absolute Gasteiger partial charge is 0.369 e. The predicted octanol–water partition coefficient (Wildman–Crippen LogP) is 1.15. The summed E-state index contributed by atoms with van der Waals surface area (Å²) in [6.07, 6.45) is 2.66. The molecule has 0 spiro atoms. The number of hydrogen-bond acceptors (Lipinski definition) is 4. The zero-order valence-electron chi connectivity index (χ0n) is 14.3.